The van der Waals surface area contributed by atoms with Crippen LogP contribution in [0.15, 0.2) is 49.2 Å². The van der Waals surface area contributed by atoms with E-state index >= 15 is 0 Å². The van der Waals surface area contributed by atoms with Gasteiger partial charge in [-0.2, -0.15) is 0 Å². The molecule has 163 valence electrons. The number of hydrogen-bond acceptors (Lipinski definition) is 1. The minimum absolute atomic E-state index is 0.0438. The van der Waals surface area contributed by atoms with Gasteiger partial charge in [0.1, 0.15) is 7.28 Å². The van der Waals surface area contributed by atoms with Crippen LogP contribution in [-0.2, 0) is 12.7 Å². The number of hydrogen-bond donors (Lipinski definition) is 1. The van der Waals surface area contributed by atoms with E-state index in [0.717, 1.165) is 45.3 Å². The Morgan fingerprint density at radius 1 is 1.13 bits per heavy atom. The summed E-state index contributed by atoms with van der Waals surface area (Å²) in [7, 11) is 2.17. The van der Waals surface area contributed by atoms with Crippen molar-refractivity contribution < 1.29 is 8.78 Å². The predicted molar refractivity (Wildman–Crippen MR) is 127 cm³/mol. The Labute approximate surface area is 183 Å². The Hall–Kier alpha value is -1.84. The van der Waals surface area contributed by atoms with E-state index in [4.69, 9.17) is 0 Å². The molecule has 0 aliphatic carbocycles. The number of allylic oxidation sites excluding steroid dienone is 3. The van der Waals surface area contributed by atoms with E-state index in [-0.39, 0.29) is 12.4 Å². The number of fused-ring (bicyclic) bond motifs is 1. The second-order valence-electron chi connectivity index (χ2n) is 8.85. The van der Waals surface area contributed by atoms with Gasteiger partial charge in [0.05, 0.1) is 6.42 Å². The summed E-state index contributed by atoms with van der Waals surface area (Å²) in [4.78, 5) is 0. The van der Waals surface area contributed by atoms with E-state index in [1.54, 1.807) is 0 Å². The molecule has 1 radical (unpaired) electrons. The van der Waals surface area contributed by atoms with E-state index in [2.05, 4.69) is 57.5 Å². The average Bonchev–Trinajstić information content (AvgIpc) is 2.66. The largest absolute Gasteiger partial charge is 0.394 e. The Morgan fingerprint density at radius 3 is 2.57 bits per heavy atom. The van der Waals surface area contributed by atoms with E-state index < -0.39 is 5.92 Å². The molecular weight excluding hydrogens is 375 g/mol. The Balaban J connectivity index is 1.88. The first-order chi connectivity index (χ1) is 14.2. The summed E-state index contributed by atoms with van der Waals surface area (Å²) in [5, 5.41) is 3.17. The van der Waals surface area contributed by atoms with Crippen LogP contribution >= 0.6 is 0 Å². The van der Waals surface area contributed by atoms with E-state index in [0.29, 0.717) is 5.70 Å². The maximum Gasteiger partial charge on any atom is 0.250 e. The van der Waals surface area contributed by atoms with Gasteiger partial charge >= 0.3 is 0 Å². The summed E-state index contributed by atoms with van der Waals surface area (Å²) >= 11 is 0. The second kappa shape index (κ2) is 11.5. The van der Waals surface area contributed by atoms with Crippen LogP contribution in [0.25, 0.3) is 5.57 Å². The van der Waals surface area contributed by atoms with Gasteiger partial charge in [-0.3, -0.25) is 0 Å². The summed E-state index contributed by atoms with van der Waals surface area (Å²) in [6.45, 7) is 15.5. The van der Waals surface area contributed by atoms with Crippen LogP contribution in [0.3, 0.4) is 0 Å². The average molecular weight is 412 g/mol. The fourth-order valence-corrected chi connectivity index (χ4v) is 4.21. The molecular formula is C26H37BF2N. The Morgan fingerprint density at radius 2 is 1.87 bits per heavy atom. The number of alkyl halides is 2. The topological polar surface area (TPSA) is 12.0 Å². The van der Waals surface area contributed by atoms with Gasteiger partial charge in [-0.15, -0.1) is 0 Å². The molecule has 1 aliphatic heterocycles. The van der Waals surface area contributed by atoms with Crippen molar-refractivity contribution in [1.29, 1.82) is 0 Å². The van der Waals surface area contributed by atoms with Gasteiger partial charge in [0.2, 0.25) is 0 Å². The van der Waals surface area contributed by atoms with Gasteiger partial charge in [-0.05, 0) is 73.7 Å². The first-order valence-electron chi connectivity index (χ1n) is 11.3. The quantitative estimate of drug-likeness (QED) is 0.205. The molecule has 0 saturated carbocycles. The lowest BCUT2D eigenvalue weighted by molar-refractivity contribution is 0.0211. The van der Waals surface area contributed by atoms with Gasteiger partial charge < -0.3 is 5.32 Å². The van der Waals surface area contributed by atoms with Gasteiger partial charge in [-0.1, -0.05) is 69.6 Å². The Bertz CT molecular complexity index is 748. The monoisotopic (exact) mass is 412 g/mol. The third kappa shape index (κ3) is 8.12. The molecule has 1 aromatic rings. The number of unbranched alkanes of at least 4 members (excludes halogenated alkanes) is 2. The standard InChI is InChI=1S/C26H37BF2N/c1-6-7-8-11-19(2)12-9-13-20(3)23-15-10-14-22-16-25(27-18-24(22)23)30-21(4)17-26(5,28)29/h10,14-15,25,30H,2-4,6-9,11-13,16-18H2,1,5H3. The molecule has 0 amide bonds. The van der Waals surface area contributed by atoms with Crippen LogP contribution in [0.5, 0.6) is 0 Å². The van der Waals surface area contributed by atoms with Crippen molar-refractivity contribution >= 4 is 12.9 Å². The fraction of sp³-hybridized carbons (Fsp3) is 0.538. The summed E-state index contributed by atoms with van der Waals surface area (Å²) in [6, 6.07) is 6.39. The van der Waals surface area contributed by atoms with E-state index in [1.807, 2.05) is 0 Å². The molecule has 1 atom stereocenters. The molecule has 1 N–H and O–H groups in total. The van der Waals surface area contributed by atoms with E-state index in [9.17, 15) is 8.78 Å². The SMILES string of the molecule is C=C(CCCCC)CCCC(=C)c1cccc2c1C[B]C(NC(=C)CC(C)(F)F)C2. The third-order valence-electron chi connectivity index (χ3n) is 5.76. The molecule has 1 aliphatic rings. The molecule has 2 rings (SSSR count). The van der Waals surface area contributed by atoms with Crippen molar-refractivity contribution in [2.24, 2.45) is 0 Å². The number of rotatable bonds is 13. The first-order valence-corrected chi connectivity index (χ1v) is 11.3. The number of nitrogens with one attached hydrogen (secondary N) is 1. The molecule has 1 heterocycles. The highest BCUT2D eigenvalue weighted by Crippen LogP contribution is 2.30. The zero-order valence-electron chi connectivity index (χ0n) is 18.8. The normalized spacial score (nSPS) is 15.8. The summed E-state index contributed by atoms with van der Waals surface area (Å²) < 4.78 is 26.4. The highest BCUT2D eigenvalue weighted by molar-refractivity contribution is 6.38. The smallest absolute Gasteiger partial charge is 0.250 e. The lowest BCUT2D eigenvalue weighted by atomic mass is 9.57. The third-order valence-corrected chi connectivity index (χ3v) is 5.76. The molecule has 0 aromatic heterocycles. The molecule has 0 saturated heterocycles. The van der Waals surface area contributed by atoms with Crippen molar-refractivity contribution in [3.8, 4) is 0 Å². The van der Waals surface area contributed by atoms with Gasteiger partial charge in [0.25, 0.3) is 5.92 Å². The first kappa shape index (κ1) is 24.4. The van der Waals surface area contributed by atoms with Gasteiger partial charge in [0.15, 0.2) is 0 Å². The molecule has 1 aromatic carbocycles. The predicted octanol–water partition coefficient (Wildman–Crippen LogP) is 7.24. The van der Waals surface area contributed by atoms with Crippen LogP contribution < -0.4 is 5.32 Å². The lowest BCUT2D eigenvalue weighted by Crippen LogP contribution is -2.41. The fourth-order valence-electron chi connectivity index (χ4n) is 4.21. The molecule has 4 heteroatoms. The summed E-state index contributed by atoms with van der Waals surface area (Å²) in [6.07, 6.45) is 9.33. The second-order valence-corrected chi connectivity index (χ2v) is 8.85. The van der Waals surface area contributed by atoms with Gasteiger partial charge in [-0.25, -0.2) is 8.78 Å². The molecule has 1 unspecified atom stereocenters. The highest BCUT2D eigenvalue weighted by atomic mass is 19.3. The maximum atomic E-state index is 13.2. The zero-order chi connectivity index (χ0) is 22.1. The zero-order valence-corrected chi connectivity index (χ0v) is 18.8. The van der Waals surface area contributed by atoms with Crippen molar-refractivity contribution in [2.75, 3.05) is 0 Å². The van der Waals surface area contributed by atoms with Crippen LogP contribution in [0.2, 0.25) is 0 Å². The van der Waals surface area contributed by atoms with Crippen molar-refractivity contribution in [1.82, 2.24) is 5.32 Å². The number of benzene rings is 1. The molecule has 0 bridgehead atoms. The molecule has 0 fully saturated rings. The summed E-state index contributed by atoms with van der Waals surface area (Å²) in [5.74, 6) is -2.69. The minimum Gasteiger partial charge on any atom is -0.394 e. The lowest BCUT2D eigenvalue weighted by Gasteiger charge is -2.29. The van der Waals surface area contributed by atoms with E-state index in [1.165, 1.54) is 47.1 Å². The number of halogens is 2. The summed E-state index contributed by atoms with van der Waals surface area (Å²) in [5.41, 5.74) is 6.78. The Kier molecular flexibility index (Phi) is 9.39. The van der Waals surface area contributed by atoms with Gasteiger partial charge in [0, 0.05) is 5.70 Å². The van der Waals surface area contributed by atoms with Crippen molar-refractivity contribution in [2.45, 2.75) is 89.8 Å². The highest BCUT2D eigenvalue weighted by Gasteiger charge is 2.26. The van der Waals surface area contributed by atoms with Crippen LogP contribution in [0.4, 0.5) is 8.78 Å². The van der Waals surface area contributed by atoms with Crippen molar-refractivity contribution in [3.63, 3.8) is 0 Å². The molecule has 0 spiro atoms. The van der Waals surface area contributed by atoms with Crippen LogP contribution in [0.1, 0.15) is 81.9 Å². The molecule has 30 heavy (non-hydrogen) atoms. The maximum absolute atomic E-state index is 13.2. The molecule has 1 nitrogen and oxygen atoms in total. The van der Waals surface area contributed by atoms with Crippen molar-refractivity contribution in [3.05, 3.63) is 65.9 Å². The minimum atomic E-state index is -2.73. The van der Waals surface area contributed by atoms with Crippen LogP contribution in [0, 0.1) is 0 Å². The van der Waals surface area contributed by atoms with Crippen LogP contribution in [-0.4, -0.2) is 19.1 Å².